The summed E-state index contributed by atoms with van der Waals surface area (Å²) in [4.78, 5) is 4.32. The molecule has 0 saturated carbocycles. The van der Waals surface area contributed by atoms with Crippen LogP contribution in [0.5, 0.6) is 0 Å². The number of hydrogen-bond acceptors (Lipinski definition) is 4. The van der Waals surface area contributed by atoms with E-state index in [1.165, 1.54) is 0 Å². The van der Waals surface area contributed by atoms with Crippen molar-refractivity contribution in [2.45, 2.75) is 18.6 Å². The molecule has 0 aliphatic carbocycles. The Hall–Kier alpha value is -1.59. The van der Waals surface area contributed by atoms with Gasteiger partial charge in [-0.25, -0.2) is 4.98 Å². The fourth-order valence-electron chi connectivity index (χ4n) is 2.42. The number of aliphatic hydroxyl groups is 1. The van der Waals surface area contributed by atoms with Crippen LogP contribution in [0.15, 0.2) is 24.3 Å². The third kappa shape index (κ3) is 1.77. The average molecular weight is 233 g/mol. The number of aromatic nitrogens is 2. The maximum Gasteiger partial charge on any atom is 0.201 e. The van der Waals surface area contributed by atoms with E-state index in [-0.39, 0.29) is 6.04 Å². The van der Waals surface area contributed by atoms with E-state index in [9.17, 15) is 5.11 Å². The lowest BCUT2D eigenvalue weighted by molar-refractivity contribution is -0.0304. The second-order valence-electron chi connectivity index (χ2n) is 4.41. The van der Waals surface area contributed by atoms with Gasteiger partial charge in [-0.3, -0.25) is 0 Å². The van der Waals surface area contributed by atoms with Crippen molar-refractivity contribution >= 4 is 17.0 Å². The smallest absolute Gasteiger partial charge is 0.201 e. The van der Waals surface area contributed by atoms with E-state index in [4.69, 9.17) is 10.5 Å². The molecule has 2 heterocycles. The van der Waals surface area contributed by atoms with Crippen LogP contribution in [0.1, 0.15) is 12.5 Å². The monoisotopic (exact) mass is 233 g/mol. The molecule has 1 saturated heterocycles. The predicted molar refractivity (Wildman–Crippen MR) is 64.6 cm³/mol. The van der Waals surface area contributed by atoms with Crippen molar-refractivity contribution in [2.24, 2.45) is 0 Å². The van der Waals surface area contributed by atoms with Gasteiger partial charge in [-0.15, -0.1) is 0 Å². The molecule has 0 unspecified atom stereocenters. The molecule has 1 aromatic heterocycles. The van der Waals surface area contributed by atoms with Gasteiger partial charge in [0.15, 0.2) is 0 Å². The van der Waals surface area contributed by atoms with Crippen LogP contribution < -0.4 is 5.73 Å². The van der Waals surface area contributed by atoms with E-state index in [1.54, 1.807) is 0 Å². The van der Waals surface area contributed by atoms with Crippen LogP contribution in [0, 0.1) is 0 Å². The largest absolute Gasteiger partial charge is 0.391 e. The Kier molecular flexibility index (Phi) is 2.49. The third-order valence-electron chi connectivity index (χ3n) is 3.15. The van der Waals surface area contributed by atoms with Crippen LogP contribution in [0.25, 0.3) is 11.0 Å². The quantitative estimate of drug-likeness (QED) is 0.768. The Balaban J connectivity index is 2.06. The zero-order chi connectivity index (χ0) is 11.8. The molecule has 2 atom stereocenters. The minimum Gasteiger partial charge on any atom is -0.391 e. The Bertz CT molecular complexity index is 538. The SMILES string of the molecule is Nc1nc2ccccc2n1[C@H]1COC[C@@H](O)C1. The van der Waals surface area contributed by atoms with E-state index in [2.05, 4.69) is 4.98 Å². The number of nitrogens with zero attached hydrogens (tertiary/aromatic N) is 2. The van der Waals surface area contributed by atoms with Crippen molar-refractivity contribution in [1.29, 1.82) is 0 Å². The lowest BCUT2D eigenvalue weighted by Gasteiger charge is -2.28. The van der Waals surface area contributed by atoms with Crippen LogP contribution in [-0.2, 0) is 4.74 Å². The number of anilines is 1. The third-order valence-corrected chi connectivity index (χ3v) is 3.15. The lowest BCUT2D eigenvalue weighted by atomic mass is 10.1. The van der Waals surface area contributed by atoms with Gasteiger partial charge in [0, 0.05) is 0 Å². The number of fused-ring (bicyclic) bond motifs is 1. The van der Waals surface area contributed by atoms with E-state index in [1.807, 2.05) is 28.8 Å². The Morgan fingerprint density at radius 1 is 1.35 bits per heavy atom. The number of hydrogen-bond donors (Lipinski definition) is 2. The number of nitrogen functional groups attached to an aromatic ring is 1. The second kappa shape index (κ2) is 4.01. The van der Waals surface area contributed by atoms with Gasteiger partial charge >= 0.3 is 0 Å². The van der Waals surface area contributed by atoms with Crippen LogP contribution >= 0.6 is 0 Å². The molecule has 5 heteroatoms. The summed E-state index contributed by atoms with van der Waals surface area (Å²) in [6, 6.07) is 7.87. The van der Waals surface area contributed by atoms with Gasteiger partial charge in [-0.05, 0) is 18.6 Å². The Labute approximate surface area is 98.8 Å². The van der Waals surface area contributed by atoms with Crippen molar-refractivity contribution in [3.05, 3.63) is 24.3 Å². The molecule has 3 N–H and O–H groups in total. The fraction of sp³-hybridized carbons (Fsp3) is 0.417. The number of ether oxygens (including phenoxy) is 1. The summed E-state index contributed by atoms with van der Waals surface area (Å²) >= 11 is 0. The molecular weight excluding hydrogens is 218 g/mol. The number of benzene rings is 1. The number of aliphatic hydroxyl groups excluding tert-OH is 1. The summed E-state index contributed by atoms with van der Waals surface area (Å²) in [5.74, 6) is 0.480. The predicted octanol–water partition coefficient (Wildman–Crippen LogP) is 0.941. The number of imidazole rings is 1. The first-order chi connectivity index (χ1) is 8.25. The zero-order valence-corrected chi connectivity index (χ0v) is 9.41. The van der Waals surface area contributed by atoms with Crippen LogP contribution in [0.3, 0.4) is 0 Å². The first-order valence-corrected chi connectivity index (χ1v) is 5.74. The minimum atomic E-state index is -0.422. The van der Waals surface area contributed by atoms with Crippen molar-refractivity contribution in [3.63, 3.8) is 0 Å². The standard InChI is InChI=1S/C12H15N3O2/c13-12-14-10-3-1-2-4-11(10)15(12)8-5-9(16)7-17-6-8/h1-4,8-9,16H,5-7H2,(H2,13,14)/t8-,9+/m1/s1. The lowest BCUT2D eigenvalue weighted by Crippen LogP contribution is -2.31. The molecule has 5 nitrogen and oxygen atoms in total. The highest BCUT2D eigenvalue weighted by molar-refractivity contribution is 5.78. The molecule has 90 valence electrons. The maximum absolute atomic E-state index is 9.64. The zero-order valence-electron chi connectivity index (χ0n) is 9.41. The molecule has 17 heavy (non-hydrogen) atoms. The van der Waals surface area contributed by atoms with Crippen molar-refractivity contribution in [1.82, 2.24) is 9.55 Å². The van der Waals surface area contributed by atoms with E-state index < -0.39 is 6.10 Å². The summed E-state index contributed by atoms with van der Waals surface area (Å²) in [6.45, 7) is 0.977. The van der Waals surface area contributed by atoms with Crippen molar-refractivity contribution in [2.75, 3.05) is 18.9 Å². The molecule has 0 amide bonds. The molecule has 0 bridgehead atoms. The first-order valence-electron chi connectivity index (χ1n) is 5.74. The van der Waals surface area contributed by atoms with Crippen LogP contribution in [0.4, 0.5) is 5.95 Å². The van der Waals surface area contributed by atoms with Crippen LogP contribution in [0.2, 0.25) is 0 Å². The van der Waals surface area contributed by atoms with Gasteiger partial charge in [0.25, 0.3) is 0 Å². The summed E-state index contributed by atoms with van der Waals surface area (Å²) in [6.07, 6.45) is 0.235. The molecule has 1 aromatic carbocycles. The molecule has 2 aromatic rings. The van der Waals surface area contributed by atoms with E-state index >= 15 is 0 Å². The molecule has 1 fully saturated rings. The van der Waals surface area contributed by atoms with Crippen molar-refractivity contribution < 1.29 is 9.84 Å². The van der Waals surface area contributed by atoms with E-state index in [0.29, 0.717) is 25.6 Å². The minimum absolute atomic E-state index is 0.0612. The van der Waals surface area contributed by atoms with Gasteiger partial charge in [0.2, 0.25) is 5.95 Å². The fourth-order valence-corrected chi connectivity index (χ4v) is 2.42. The van der Waals surface area contributed by atoms with Crippen LogP contribution in [-0.4, -0.2) is 34.0 Å². The Morgan fingerprint density at radius 3 is 3.00 bits per heavy atom. The highest BCUT2D eigenvalue weighted by atomic mass is 16.5. The van der Waals surface area contributed by atoms with E-state index in [0.717, 1.165) is 11.0 Å². The Morgan fingerprint density at radius 2 is 2.18 bits per heavy atom. The average Bonchev–Trinajstić information content (AvgIpc) is 2.64. The first kappa shape index (κ1) is 10.6. The molecule has 1 aliphatic heterocycles. The molecule has 3 rings (SSSR count). The van der Waals surface area contributed by atoms with Crippen molar-refractivity contribution in [3.8, 4) is 0 Å². The van der Waals surface area contributed by atoms with Gasteiger partial charge in [-0.1, -0.05) is 12.1 Å². The normalized spacial score (nSPS) is 25.2. The molecule has 0 spiro atoms. The summed E-state index contributed by atoms with van der Waals surface area (Å²) in [5, 5.41) is 9.64. The molecule has 0 radical (unpaired) electrons. The number of nitrogens with two attached hydrogens (primary N) is 1. The highest BCUT2D eigenvalue weighted by Gasteiger charge is 2.25. The molecular formula is C12H15N3O2. The maximum atomic E-state index is 9.64. The van der Waals surface area contributed by atoms with Gasteiger partial charge < -0.3 is 20.1 Å². The van der Waals surface area contributed by atoms with Gasteiger partial charge in [0.05, 0.1) is 36.4 Å². The van der Waals surface area contributed by atoms with Gasteiger partial charge in [0.1, 0.15) is 0 Å². The van der Waals surface area contributed by atoms with Gasteiger partial charge in [-0.2, -0.15) is 0 Å². The number of rotatable bonds is 1. The second-order valence-corrected chi connectivity index (χ2v) is 4.41. The summed E-state index contributed by atoms with van der Waals surface area (Å²) < 4.78 is 7.32. The summed E-state index contributed by atoms with van der Waals surface area (Å²) in [5.41, 5.74) is 7.82. The number of para-hydroxylation sites is 2. The topological polar surface area (TPSA) is 73.3 Å². The molecule has 1 aliphatic rings. The highest BCUT2D eigenvalue weighted by Crippen LogP contribution is 2.27. The summed E-state index contributed by atoms with van der Waals surface area (Å²) in [7, 11) is 0.